The summed E-state index contributed by atoms with van der Waals surface area (Å²) in [6.07, 6.45) is 1.13. The predicted molar refractivity (Wildman–Crippen MR) is 182 cm³/mol. The van der Waals surface area contributed by atoms with Crippen LogP contribution in [-0.2, 0) is 40.6 Å². The number of carbonyl (C=O) groups is 1. The summed E-state index contributed by atoms with van der Waals surface area (Å²) in [4.78, 5) is 15.8. The van der Waals surface area contributed by atoms with Crippen molar-refractivity contribution in [2.45, 2.75) is 29.9 Å². The van der Waals surface area contributed by atoms with Crippen LogP contribution in [0, 0.1) is 0 Å². The monoisotopic (exact) mass is 746 g/mol. The Morgan fingerprint density at radius 3 is 1.87 bits per heavy atom. The van der Waals surface area contributed by atoms with Gasteiger partial charge in [0.2, 0.25) is 0 Å². The molecule has 2 aliphatic rings. The Hall–Kier alpha value is -3.00. The number of Topliss-reactive ketones (excluding diaryl/α,β-unsaturated/α-hetero) is 1. The van der Waals surface area contributed by atoms with Gasteiger partial charge in [-0.2, -0.15) is 18.6 Å². The first kappa shape index (κ1) is 30.3. The van der Waals surface area contributed by atoms with Crippen molar-refractivity contribution in [3.8, 4) is 33.9 Å². The van der Waals surface area contributed by atoms with Crippen LogP contribution in [0.15, 0.2) is 58.1 Å². The molecule has 0 saturated carbocycles. The van der Waals surface area contributed by atoms with Gasteiger partial charge in [-0.25, -0.2) is 9.36 Å². The summed E-state index contributed by atoms with van der Waals surface area (Å²) in [5, 5.41) is 13.5. The molecule has 1 N–H and O–H groups in total. The Labute approximate surface area is 290 Å². The molecule has 0 saturated heterocycles. The minimum absolute atomic E-state index is 0.0196. The second-order valence-corrected chi connectivity index (χ2v) is 16.4. The molecule has 15 heteroatoms. The van der Waals surface area contributed by atoms with Crippen LogP contribution in [-0.4, -0.2) is 38.3 Å². The number of rotatable bonds is 7. The number of hydrogen-bond donors (Lipinski definition) is 1. The minimum atomic E-state index is -4.40. The molecule has 2 aromatic carbocycles. The van der Waals surface area contributed by atoms with Gasteiger partial charge in [0, 0.05) is 54.9 Å². The third-order valence-corrected chi connectivity index (χ3v) is 12.5. The van der Waals surface area contributed by atoms with Crippen LogP contribution < -0.4 is 0 Å². The topological polar surface area (TPSA) is 107 Å². The lowest BCUT2D eigenvalue weighted by molar-refractivity contribution is -0.117. The smallest absolute Gasteiger partial charge is 0.299 e. The number of hydrogen-bond acceptors (Lipinski definition) is 7. The van der Waals surface area contributed by atoms with E-state index in [4.69, 9.17) is 56.6 Å². The Morgan fingerprint density at radius 1 is 0.783 bits per heavy atom. The highest BCUT2D eigenvalue weighted by molar-refractivity contribution is 7.88. The van der Waals surface area contributed by atoms with Crippen LogP contribution in [0.4, 0.5) is 0 Å². The number of benzene rings is 2. The van der Waals surface area contributed by atoms with Gasteiger partial charge in [0.05, 0.1) is 57.0 Å². The van der Waals surface area contributed by atoms with Gasteiger partial charge in [-0.1, -0.05) is 46.4 Å². The highest BCUT2D eigenvalue weighted by Gasteiger charge is 2.34. The lowest BCUT2D eigenvalue weighted by Crippen LogP contribution is -2.11. The fourth-order valence-corrected chi connectivity index (χ4v) is 9.92. The molecule has 0 fully saturated rings. The number of fused-ring (bicyclic) bond motifs is 6. The highest BCUT2D eigenvalue weighted by atomic mass is 35.5. The van der Waals surface area contributed by atoms with Gasteiger partial charge in [0.15, 0.2) is 0 Å². The molecule has 0 unspecified atom stereocenters. The van der Waals surface area contributed by atoms with Crippen molar-refractivity contribution in [3.63, 3.8) is 0 Å². The van der Waals surface area contributed by atoms with Gasteiger partial charge >= 0.3 is 10.1 Å². The Morgan fingerprint density at radius 2 is 1.33 bits per heavy atom. The van der Waals surface area contributed by atoms with Crippen LogP contribution >= 0.6 is 69.1 Å². The second kappa shape index (κ2) is 11.0. The first-order chi connectivity index (χ1) is 22.0. The van der Waals surface area contributed by atoms with Gasteiger partial charge in [-0.15, -0.1) is 22.7 Å². The predicted octanol–water partition coefficient (Wildman–Crippen LogP) is 8.54. The van der Waals surface area contributed by atoms with E-state index < -0.39 is 10.1 Å². The van der Waals surface area contributed by atoms with Crippen molar-refractivity contribution in [2.24, 2.45) is 0 Å². The molecular weight excluding hydrogens is 730 g/mol. The fraction of sp³-hybridized carbons (Fsp3) is 0.129. The van der Waals surface area contributed by atoms with E-state index >= 15 is 0 Å². The first-order valence-electron chi connectivity index (χ1n) is 13.8. The Kier molecular flexibility index (Phi) is 7.28. The van der Waals surface area contributed by atoms with Crippen LogP contribution in [0.5, 0.6) is 0 Å². The van der Waals surface area contributed by atoms with Crippen molar-refractivity contribution in [1.29, 1.82) is 0 Å². The molecule has 0 amide bonds. The molecule has 0 spiro atoms. The summed E-state index contributed by atoms with van der Waals surface area (Å²) in [5.74, 6) is -0.0894. The molecule has 8 rings (SSSR count). The molecule has 8 nitrogen and oxygen atoms in total. The number of ketones is 1. The van der Waals surface area contributed by atoms with Crippen molar-refractivity contribution in [3.05, 3.63) is 106 Å². The normalized spacial score (nSPS) is 13.2. The largest absolute Gasteiger partial charge is 0.304 e. The average molecular weight is 749 g/mol. The van der Waals surface area contributed by atoms with E-state index in [9.17, 15) is 17.8 Å². The Balaban J connectivity index is 1.17. The molecule has 4 aromatic heterocycles. The highest BCUT2D eigenvalue weighted by Crippen LogP contribution is 2.47. The summed E-state index contributed by atoms with van der Waals surface area (Å²) >= 11 is 28.2. The maximum absolute atomic E-state index is 13.8. The summed E-state index contributed by atoms with van der Waals surface area (Å²) in [6, 6.07) is 13.7. The number of aromatic nitrogens is 4. The molecule has 0 aliphatic heterocycles. The summed E-state index contributed by atoms with van der Waals surface area (Å²) in [5.41, 5.74) is 7.45. The van der Waals surface area contributed by atoms with Crippen molar-refractivity contribution in [1.82, 2.24) is 19.6 Å². The van der Waals surface area contributed by atoms with Gasteiger partial charge < -0.3 is 0 Å². The zero-order chi connectivity index (χ0) is 32.1. The summed E-state index contributed by atoms with van der Waals surface area (Å²) in [7, 11) is -4.40. The molecule has 46 heavy (non-hydrogen) atoms. The fourth-order valence-electron chi connectivity index (χ4n) is 6.16. The third kappa shape index (κ3) is 4.96. The van der Waals surface area contributed by atoms with Gasteiger partial charge in [0.1, 0.15) is 9.99 Å². The summed E-state index contributed by atoms with van der Waals surface area (Å²) < 4.78 is 36.8. The van der Waals surface area contributed by atoms with Crippen molar-refractivity contribution >= 4 is 85.0 Å². The molecule has 0 radical (unpaired) electrons. The molecule has 0 bridgehead atoms. The van der Waals surface area contributed by atoms with Gasteiger partial charge in [-0.3, -0.25) is 9.35 Å². The standard InChI is InChI=1S/C31H18Cl4N4O4S3/c32-14-1-3-25(21(34)7-14)38-30-17-5-6-44-27(17)11-18(30)23(36-38)9-16(40)10-24-19-12-28-20(13-29(45-28)46(41,42)43)31(19)39(37-24)26-4-2-15(33)8-22(26)35/h1-8,13H,9-12H2,(H,41,42,43). The van der Waals surface area contributed by atoms with E-state index in [0.717, 1.165) is 38.6 Å². The molecule has 2 aliphatic carbocycles. The van der Waals surface area contributed by atoms with E-state index in [1.165, 1.54) is 10.9 Å². The van der Waals surface area contributed by atoms with Gasteiger partial charge in [0.25, 0.3) is 0 Å². The van der Waals surface area contributed by atoms with Crippen molar-refractivity contribution in [2.75, 3.05) is 0 Å². The first-order valence-corrected chi connectivity index (χ1v) is 18.4. The number of nitrogens with zero attached hydrogens (tertiary/aromatic N) is 4. The zero-order valence-corrected chi connectivity index (χ0v) is 28.7. The molecule has 0 atom stereocenters. The van der Waals surface area contributed by atoms with Crippen molar-refractivity contribution < 1.29 is 17.8 Å². The maximum Gasteiger partial charge on any atom is 0.304 e. The molecular formula is C31H18Cl4N4O4S3. The maximum atomic E-state index is 13.8. The van der Waals surface area contributed by atoms with E-state index in [2.05, 4.69) is 6.07 Å². The number of halogens is 4. The minimum Gasteiger partial charge on any atom is -0.299 e. The average Bonchev–Trinajstić information content (AvgIpc) is 3.79. The molecule has 232 valence electrons. The SMILES string of the molecule is O=C(Cc1nn(-c2ccc(Cl)cc2Cl)c2c1Cc1sccc1-2)Cc1nn(-c2ccc(Cl)cc2Cl)c2c1Cc1sc(S(=O)(=O)O)cc1-2. The van der Waals surface area contributed by atoms with E-state index in [1.54, 1.807) is 51.0 Å². The second-order valence-electron chi connectivity index (χ2n) is 10.9. The zero-order valence-electron chi connectivity index (χ0n) is 23.2. The van der Waals surface area contributed by atoms with Gasteiger partial charge in [-0.05, 0) is 53.9 Å². The lowest BCUT2D eigenvalue weighted by Gasteiger charge is -2.08. The van der Waals surface area contributed by atoms with Crippen LogP contribution in [0.3, 0.4) is 0 Å². The Bertz CT molecular complexity index is 2390. The van der Waals surface area contributed by atoms with Crippen LogP contribution in [0.1, 0.15) is 32.3 Å². The number of thiophene rings is 2. The number of carbonyl (C=O) groups excluding carboxylic acids is 1. The lowest BCUT2D eigenvalue weighted by atomic mass is 10.0. The molecule has 6 aromatic rings. The molecule has 4 heterocycles. The van der Waals surface area contributed by atoms with Crippen LogP contribution in [0.25, 0.3) is 33.9 Å². The van der Waals surface area contributed by atoms with E-state index in [0.29, 0.717) is 67.0 Å². The summed E-state index contributed by atoms with van der Waals surface area (Å²) in [6.45, 7) is 0. The van der Waals surface area contributed by atoms with E-state index in [-0.39, 0.29) is 22.8 Å². The van der Waals surface area contributed by atoms with E-state index in [1.807, 2.05) is 11.4 Å². The van der Waals surface area contributed by atoms with Crippen LogP contribution in [0.2, 0.25) is 20.1 Å². The third-order valence-electron chi connectivity index (χ3n) is 8.11. The quantitative estimate of drug-likeness (QED) is 0.164.